The van der Waals surface area contributed by atoms with Crippen LogP contribution >= 0.6 is 0 Å². The van der Waals surface area contributed by atoms with Gasteiger partial charge >= 0.3 is 0 Å². The highest BCUT2D eigenvalue weighted by Crippen LogP contribution is 2.27. The van der Waals surface area contributed by atoms with Crippen LogP contribution in [0.2, 0.25) is 0 Å². The summed E-state index contributed by atoms with van der Waals surface area (Å²) in [7, 11) is 0. The normalized spacial score (nSPS) is 11.0. The third-order valence-corrected chi connectivity index (χ3v) is 6.51. The Morgan fingerprint density at radius 1 is 1.00 bits per heavy atom. The average molecular weight is 490 g/mol. The number of hydrogen-bond donors (Lipinski definition) is 4. The third-order valence-electron chi connectivity index (χ3n) is 6.51. The zero-order valence-electron chi connectivity index (χ0n) is 20.6. The van der Waals surface area contributed by atoms with Gasteiger partial charge in [-0.25, -0.2) is 4.98 Å². The Morgan fingerprint density at radius 3 is 2.54 bits per heavy atom. The van der Waals surface area contributed by atoms with Crippen LogP contribution in [0, 0.1) is 19.3 Å². The molecule has 0 aliphatic rings. The summed E-state index contributed by atoms with van der Waals surface area (Å²) in [6, 6.07) is 23.9. The summed E-state index contributed by atoms with van der Waals surface area (Å²) >= 11 is 0. The molecule has 7 heteroatoms. The second kappa shape index (κ2) is 9.62. The van der Waals surface area contributed by atoms with Crippen molar-refractivity contribution in [3.05, 3.63) is 123 Å². The molecule has 0 aliphatic carbocycles. The monoisotopic (exact) mass is 489 g/mol. The molecule has 0 fully saturated rings. The van der Waals surface area contributed by atoms with Gasteiger partial charge < -0.3 is 16.2 Å². The molecule has 5 N–H and O–H groups in total. The number of nitrogens with two attached hydrogens (primary N) is 1. The van der Waals surface area contributed by atoms with E-state index >= 15 is 0 Å². The summed E-state index contributed by atoms with van der Waals surface area (Å²) in [4.78, 5) is 18.0. The molecular weight excluding hydrogens is 462 g/mol. The number of para-hydroxylation sites is 1. The van der Waals surface area contributed by atoms with Crippen LogP contribution in [0.5, 0.6) is 5.75 Å². The first-order valence-corrected chi connectivity index (χ1v) is 11.9. The van der Waals surface area contributed by atoms with Gasteiger partial charge in [-0.05, 0) is 60.7 Å². The van der Waals surface area contributed by atoms with E-state index < -0.39 is 0 Å². The molecule has 0 saturated carbocycles. The fourth-order valence-electron chi connectivity index (χ4n) is 4.68. The highest BCUT2D eigenvalue weighted by atomic mass is 16.3. The Balaban J connectivity index is 1.62. The topological polar surface area (TPSA) is 117 Å². The first-order valence-electron chi connectivity index (χ1n) is 11.9. The Hall–Kier alpha value is -4.91. The van der Waals surface area contributed by atoms with Crippen LogP contribution < -0.4 is 16.6 Å². The van der Waals surface area contributed by atoms with Crippen molar-refractivity contribution >= 4 is 28.0 Å². The molecule has 0 radical (unpaired) electrons. The van der Waals surface area contributed by atoms with Crippen LogP contribution in [0.25, 0.3) is 16.5 Å². The van der Waals surface area contributed by atoms with Crippen LogP contribution in [-0.4, -0.2) is 20.4 Å². The third kappa shape index (κ3) is 4.43. The van der Waals surface area contributed by atoms with Crippen molar-refractivity contribution in [3.8, 4) is 11.4 Å². The molecule has 2 heterocycles. The minimum atomic E-state index is -0.0799. The van der Waals surface area contributed by atoms with E-state index in [1.54, 1.807) is 35.0 Å². The lowest BCUT2D eigenvalue weighted by atomic mass is 10.0. The van der Waals surface area contributed by atoms with Crippen molar-refractivity contribution in [2.75, 3.05) is 11.1 Å². The van der Waals surface area contributed by atoms with E-state index in [0.29, 0.717) is 28.7 Å². The van der Waals surface area contributed by atoms with Crippen LogP contribution in [0.15, 0.2) is 89.9 Å². The maximum Gasteiger partial charge on any atom is 0.263 e. The van der Waals surface area contributed by atoms with Gasteiger partial charge in [0.2, 0.25) is 0 Å². The zero-order valence-corrected chi connectivity index (χ0v) is 20.6. The number of nitrogen functional groups attached to an aromatic ring is 1. The van der Waals surface area contributed by atoms with Gasteiger partial charge in [-0.2, -0.15) is 0 Å². The van der Waals surface area contributed by atoms with Crippen molar-refractivity contribution in [1.82, 2.24) is 9.55 Å². The van der Waals surface area contributed by atoms with Gasteiger partial charge in [0.1, 0.15) is 11.6 Å². The summed E-state index contributed by atoms with van der Waals surface area (Å²) in [5.74, 6) is 0.261. The molecule has 0 aliphatic heterocycles. The number of pyridine rings is 2. The molecule has 0 bridgehead atoms. The van der Waals surface area contributed by atoms with E-state index in [4.69, 9.17) is 11.1 Å². The van der Waals surface area contributed by atoms with Crippen molar-refractivity contribution in [2.24, 2.45) is 0 Å². The molecule has 3 aromatic carbocycles. The number of anilines is 2. The smallest absolute Gasteiger partial charge is 0.263 e. The molecule has 5 aromatic rings. The van der Waals surface area contributed by atoms with Gasteiger partial charge in [0, 0.05) is 23.1 Å². The number of aryl methyl sites for hydroxylation is 2. The zero-order chi connectivity index (χ0) is 26.1. The van der Waals surface area contributed by atoms with Gasteiger partial charge in [0.25, 0.3) is 5.56 Å². The lowest BCUT2D eigenvalue weighted by Gasteiger charge is -2.19. The molecule has 0 atom stereocenters. The molecule has 7 nitrogen and oxygen atoms in total. The first-order chi connectivity index (χ1) is 17.8. The fraction of sp³-hybridized carbons (Fsp3) is 0.100. The lowest BCUT2D eigenvalue weighted by molar-refractivity contribution is 0.475. The van der Waals surface area contributed by atoms with E-state index in [1.807, 2.05) is 62.4 Å². The van der Waals surface area contributed by atoms with Crippen LogP contribution in [0.3, 0.4) is 0 Å². The maximum atomic E-state index is 13.8. The van der Waals surface area contributed by atoms with E-state index in [0.717, 1.165) is 27.9 Å². The van der Waals surface area contributed by atoms with Crippen LogP contribution in [-0.2, 0) is 6.54 Å². The van der Waals surface area contributed by atoms with Crippen molar-refractivity contribution in [2.45, 2.75) is 20.4 Å². The SMILES string of the molecule is Cc1ccccc1-n1c(CNc2ccnc(N)c2C(=N)c2cccc(O)c2)cc2cccc(C)c2c1=O. The Kier molecular flexibility index (Phi) is 6.19. The van der Waals surface area contributed by atoms with Gasteiger partial charge in [0.15, 0.2) is 0 Å². The van der Waals surface area contributed by atoms with Crippen molar-refractivity contribution in [1.29, 1.82) is 5.41 Å². The van der Waals surface area contributed by atoms with Gasteiger partial charge in [-0.3, -0.25) is 14.8 Å². The minimum Gasteiger partial charge on any atom is -0.508 e. The van der Waals surface area contributed by atoms with Gasteiger partial charge in [0.05, 0.1) is 28.9 Å². The first kappa shape index (κ1) is 23.8. The van der Waals surface area contributed by atoms with E-state index in [9.17, 15) is 9.90 Å². The van der Waals surface area contributed by atoms with E-state index in [2.05, 4.69) is 10.3 Å². The molecule has 0 saturated heterocycles. The number of benzene rings is 3. The number of nitrogens with zero attached hydrogens (tertiary/aromatic N) is 2. The average Bonchev–Trinajstić information content (AvgIpc) is 2.88. The summed E-state index contributed by atoms with van der Waals surface area (Å²) in [6.45, 7) is 4.24. The molecule has 184 valence electrons. The summed E-state index contributed by atoms with van der Waals surface area (Å²) in [5.41, 5.74) is 11.3. The highest BCUT2D eigenvalue weighted by Gasteiger charge is 2.18. The largest absolute Gasteiger partial charge is 0.508 e. The number of phenols is 1. The number of nitrogens with one attached hydrogen (secondary N) is 2. The van der Waals surface area contributed by atoms with Gasteiger partial charge in [-0.15, -0.1) is 0 Å². The molecule has 37 heavy (non-hydrogen) atoms. The quantitative estimate of drug-likeness (QED) is 0.241. The van der Waals surface area contributed by atoms with Crippen LogP contribution in [0.4, 0.5) is 11.5 Å². The molecule has 5 rings (SSSR count). The highest BCUT2D eigenvalue weighted by molar-refractivity contribution is 6.16. The Bertz CT molecular complexity index is 1720. The number of hydrogen-bond acceptors (Lipinski definition) is 6. The van der Waals surface area contributed by atoms with Crippen molar-refractivity contribution in [3.63, 3.8) is 0 Å². The molecule has 2 aromatic heterocycles. The van der Waals surface area contributed by atoms with E-state index in [-0.39, 0.29) is 22.8 Å². The number of aromatic nitrogens is 2. The van der Waals surface area contributed by atoms with Crippen LogP contribution in [0.1, 0.15) is 27.9 Å². The minimum absolute atomic E-state index is 0.0629. The number of rotatable bonds is 6. The van der Waals surface area contributed by atoms with Crippen molar-refractivity contribution < 1.29 is 5.11 Å². The van der Waals surface area contributed by atoms with Gasteiger partial charge in [-0.1, -0.05) is 48.5 Å². The molecule has 0 amide bonds. The second-order valence-electron chi connectivity index (χ2n) is 9.00. The Labute approximate surface area is 214 Å². The summed E-state index contributed by atoms with van der Waals surface area (Å²) in [6.07, 6.45) is 1.58. The standard InChI is InChI=1S/C30H27N5O2/c1-18-7-3-4-12-25(18)35-22(15-20-9-5-8-19(2)26(20)30(35)37)17-34-24-13-14-33-29(32)27(24)28(31)21-10-6-11-23(36)16-21/h3-16,31,36H,17H2,1-2H3,(H3,32,33,34). The molecule has 0 spiro atoms. The number of phenolic OH excluding ortho intramolecular Hbond substituents is 1. The lowest BCUT2D eigenvalue weighted by Crippen LogP contribution is -2.25. The molecule has 0 unspecified atom stereocenters. The predicted octanol–water partition coefficient (Wildman–Crippen LogP) is 5.32. The number of aromatic hydroxyl groups is 1. The molecular formula is C30H27N5O2. The Morgan fingerprint density at radius 2 is 1.76 bits per heavy atom. The maximum absolute atomic E-state index is 13.8. The summed E-state index contributed by atoms with van der Waals surface area (Å²) in [5, 5.41) is 23.6. The second-order valence-corrected chi connectivity index (χ2v) is 9.00. The van der Waals surface area contributed by atoms with E-state index in [1.165, 1.54) is 6.07 Å². The fourth-order valence-corrected chi connectivity index (χ4v) is 4.68. The predicted molar refractivity (Wildman–Crippen MR) is 149 cm³/mol. The number of fused-ring (bicyclic) bond motifs is 1. The summed E-state index contributed by atoms with van der Waals surface area (Å²) < 4.78 is 1.75.